The number of nitrogens with zero attached hydrogens (tertiary/aromatic N) is 2. The Labute approximate surface area is 104 Å². The summed E-state index contributed by atoms with van der Waals surface area (Å²) in [5.74, 6) is 0.515. The minimum absolute atomic E-state index is 0.0855. The van der Waals surface area contributed by atoms with Crippen molar-refractivity contribution in [3.8, 4) is 5.88 Å². The highest BCUT2D eigenvalue weighted by Crippen LogP contribution is 2.22. The van der Waals surface area contributed by atoms with Crippen LogP contribution < -0.4 is 15.7 Å². The molecule has 6 heteroatoms. The van der Waals surface area contributed by atoms with E-state index < -0.39 is 0 Å². The molecule has 0 saturated carbocycles. The van der Waals surface area contributed by atoms with Crippen LogP contribution in [0.5, 0.6) is 5.88 Å². The maximum absolute atomic E-state index is 12.0. The van der Waals surface area contributed by atoms with Gasteiger partial charge in [0.2, 0.25) is 5.88 Å². The number of piperidine rings is 1. The number of aromatic nitrogens is 3. The van der Waals surface area contributed by atoms with Crippen LogP contribution in [-0.2, 0) is 0 Å². The number of rotatable bonds is 2. The molecular formula is C12H16N4O2. The van der Waals surface area contributed by atoms with Crippen molar-refractivity contribution >= 4 is 11.2 Å². The Balaban J connectivity index is 2.10. The zero-order chi connectivity index (χ0) is 12.5. The van der Waals surface area contributed by atoms with Crippen LogP contribution in [0, 0.1) is 0 Å². The summed E-state index contributed by atoms with van der Waals surface area (Å²) < 4.78 is 6.89. The van der Waals surface area contributed by atoms with Gasteiger partial charge in [-0.3, -0.25) is 9.55 Å². The molecule has 0 unspecified atom stereocenters. The van der Waals surface area contributed by atoms with Crippen molar-refractivity contribution < 1.29 is 4.74 Å². The van der Waals surface area contributed by atoms with Crippen LogP contribution in [-0.4, -0.2) is 34.7 Å². The van der Waals surface area contributed by atoms with Gasteiger partial charge in [0.25, 0.3) is 0 Å². The van der Waals surface area contributed by atoms with Crippen LogP contribution in [0.25, 0.3) is 11.2 Å². The lowest BCUT2D eigenvalue weighted by atomic mass is 10.1. The SMILES string of the molecule is COc1ccc2c(n1)[nH]c(=O)n2C1CCNCC1. The Morgan fingerprint density at radius 1 is 1.39 bits per heavy atom. The molecule has 0 spiro atoms. The average molecular weight is 248 g/mol. The van der Waals surface area contributed by atoms with Gasteiger partial charge in [-0.25, -0.2) is 4.79 Å². The third-order valence-electron chi connectivity index (χ3n) is 3.44. The Morgan fingerprint density at radius 3 is 2.89 bits per heavy atom. The van der Waals surface area contributed by atoms with Gasteiger partial charge < -0.3 is 10.1 Å². The quantitative estimate of drug-likeness (QED) is 0.819. The molecular weight excluding hydrogens is 232 g/mol. The highest BCUT2D eigenvalue weighted by atomic mass is 16.5. The second kappa shape index (κ2) is 4.45. The molecule has 0 aliphatic carbocycles. The van der Waals surface area contributed by atoms with Crippen molar-refractivity contribution in [1.29, 1.82) is 0 Å². The molecule has 18 heavy (non-hydrogen) atoms. The largest absolute Gasteiger partial charge is 0.481 e. The molecule has 0 radical (unpaired) electrons. The summed E-state index contributed by atoms with van der Waals surface area (Å²) in [6.45, 7) is 1.90. The van der Waals surface area contributed by atoms with Gasteiger partial charge in [0.05, 0.1) is 12.6 Å². The number of hydrogen-bond acceptors (Lipinski definition) is 4. The minimum atomic E-state index is -0.0855. The predicted molar refractivity (Wildman–Crippen MR) is 68.0 cm³/mol. The number of pyridine rings is 1. The fraction of sp³-hybridized carbons (Fsp3) is 0.500. The first kappa shape index (κ1) is 11.3. The van der Waals surface area contributed by atoms with Gasteiger partial charge in [0.15, 0.2) is 5.65 Å². The van der Waals surface area contributed by atoms with Crippen LogP contribution in [0.15, 0.2) is 16.9 Å². The molecule has 96 valence electrons. The fourth-order valence-electron chi connectivity index (χ4n) is 2.53. The Hall–Kier alpha value is -1.82. The molecule has 0 amide bonds. The zero-order valence-electron chi connectivity index (χ0n) is 10.3. The van der Waals surface area contributed by atoms with Crippen molar-refractivity contribution in [2.45, 2.75) is 18.9 Å². The van der Waals surface area contributed by atoms with Gasteiger partial charge in [-0.05, 0) is 32.0 Å². The topological polar surface area (TPSA) is 71.9 Å². The fourth-order valence-corrected chi connectivity index (χ4v) is 2.53. The lowest BCUT2D eigenvalue weighted by Crippen LogP contribution is -2.33. The molecule has 2 N–H and O–H groups in total. The Bertz CT molecular complexity index is 610. The normalized spacial score (nSPS) is 17.2. The first-order chi connectivity index (χ1) is 8.79. The number of hydrogen-bond donors (Lipinski definition) is 2. The summed E-state index contributed by atoms with van der Waals surface area (Å²) in [7, 11) is 1.57. The van der Waals surface area contributed by atoms with E-state index in [1.165, 1.54) is 0 Å². The van der Waals surface area contributed by atoms with E-state index in [4.69, 9.17) is 4.74 Å². The lowest BCUT2D eigenvalue weighted by Gasteiger charge is -2.23. The summed E-state index contributed by atoms with van der Waals surface area (Å²) in [6.07, 6.45) is 1.94. The highest BCUT2D eigenvalue weighted by molar-refractivity contribution is 5.71. The second-order valence-electron chi connectivity index (χ2n) is 4.50. The second-order valence-corrected chi connectivity index (χ2v) is 4.50. The van der Waals surface area contributed by atoms with Crippen molar-refractivity contribution in [1.82, 2.24) is 19.9 Å². The molecule has 6 nitrogen and oxygen atoms in total. The molecule has 1 saturated heterocycles. The van der Waals surface area contributed by atoms with E-state index in [1.807, 2.05) is 10.6 Å². The third kappa shape index (κ3) is 1.78. The van der Waals surface area contributed by atoms with E-state index in [-0.39, 0.29) is 11.7 Å². The van der Waals surface area contributed by atoms with E-state index in [0.29, 0.717) is 11.5 Å². The maximum Gasteiger partial charge on any atom is 0.327 e. The number of aromatic amines is 1. The Kier molecular flexibility index (Phi) is 2.79. The van der Waals surface area contributed by atoms with Gasteiger partial charge in [0, 0.05) is 12.1 Å². The van der Waals surface area contributed by atoms with Crippen molar-refractivity contribution in [3.05, 3.63) is 22.6 Å². The monoisotopic (exact) mass is 248 g/mol. The number of H-pyrrole nitrogens is 1. The van der Waals surface area contributed by atoms with Gasteiger partial charge in [-0.15, -0.1) is 0 Å². The molecule has 0 atom stereocenters. The molecule has 1 aliphatic heterocycles. The standard InChI is InChI=1S/C12H16N4O2/c1-18-10-3-2-9-11(14-10)15-12(17)16(9)8-4-6-13-7-5-8/h2-3,8,13H,4-7H2,1H3,(H,14,15,17). The molecule has 1 aliphatic rings. The van der Waals surface area contributed by atoms with E-state index in [0.717, 1.165) is 31.4 Å². The highest BCUT2D eigenvalue weighted by Gasteiger charge is 2.20. The molecule has 0 aromatic carbocycles. The van der Waals surface area contributed by atoms with Crippen LogP contribution in [0.3, 0.4) is 0 Å². The number of ether oxygens (including phenoxy) is 1. The lowest BCUT2D eigenvalue weighted by molar-refractivity contribution is 0.368. The number of imidazole rings is 1. The molecule has 1 fully saturated rings. The van der Waals surface area contributed by atoms with E-state index in [1.54, 1.807) is 13.2 Å². The van der Waals surface area contributed by atoms with Crippen LogP contribution in [0.2, 0.25) is 0 Å². The van der Waals surface area contributed by atoms with Gasteiger partial charge in [0.1, 0.15) is 0 Å². The molecule has 2 aromatic heterocycles. The van der Waals surface area contributed by atoms with E-state index in [2.05, 4.69) is 15.3 Å². The predicted octanol–water partition coefficient (Wildman–Crippen LogP) is 0.658. The smallest absolute Gasteiger partial charge is 0.327 e. The zero-order valence-corrected chi connectivity index (χ0v) is 10.3. The van der Waals surface area contributed by atoms with Gasteiger partial charge in [-0.2, -0.15) is 4.98 Å². The maximum atomic E-state index is 12.0. The number of methoxy groups -OCH3 is 1. The first-order valence-electron chi connectivity index (χ1n) is 6.15. The number of nitrogens with one attached hydrogen (secondary N) is 2. The van der Waals surface area contributed by atoms with E-state index in [9.17, 15) is 4.79 Å². The summed E-state index contributed by atoms with van der Waals surface area (Å²) >= 11 is 0. The van der Waals surface area contributed by atoms with Crippen LogP contribution in [0.4, 0.5) is 0 Å². The van der Waals surface area contributed by atoms with E-state index >= 15 is 0 Å². The van der Waals surface area contributed by atoms with Gasteiger partial charge >= 0.3 is 5.69 Å². The molecule has 2 aromatic rings. The third-order valence-corrected chi connectivity index (χ3v) is 3.44. The molecule has 0 bridgehead atoms. The molecule has 3 heterocycles. The number of fused-ring (bicyclic) bond motifs is 1. The summed E-state index contributed by atoms with van der Waals surface area (Å²) in [6, 6.07) is 3.93. The minimum Gasteiger partial charge on any atom is -0.481 e. The van der Waals surface area contributed by atoms with Crippen molar-refractivity contribution in [2.75, 3.05) is 20.2 Å². The van der Waals surface area contributed by atoms with Gasteiger partial charge in [-0.1, -0.05) is 0 Å². The molecule has 3 rings (SSSR count). The Morgan fingerprint density at radius 2 is 2.17 bits per heavy atom. The first-order valence-corrected chi connectivity index (χ1v) is 6.15. The van der Waals surface area contributed by atoms with Crippen LogP contribution >= 0.6 is 0 Å². The summed E-state index contributed by atoms with van der Waals surface area (Å²) in [4.78, 5) is 19.1. The summed E-state index contributed by atoms with van der Waals surface area (Å²) in [5.41, 5.74) is 1.36. The average Bonchev–Trinajstić information content (AvgIpc) is 2.74. The van der Waals surface area contributed by atoms with Crippen LogP contribution in [0.1, 0.15) is 18.9 Å². The summed E-state index contributed by atoms with van der Waals surface area (Å²) in [5, 5.41) is 3.30. The van der Waals surface area contributed by atoms with Crippen molar-refractivity contribution in [2.24, 2.45) is 0 Å². The van der Waals surface area contributed by atoms with Crippen molar-refractivity contribution in [3.63, 3.8) is 0 Å².